The summed E-state index contributed by atoms with van der Waals surface area (Å²) in [5.74, 6) is 0.588. The van der Waals surface area contributed by atoms with Crippen LogP contribution in [0, 0.1) is 0 Å². The number of benzene rings is 5. The van der Waals surface area contributed by atoms with E-state index in [-0.39, 0.29) is 0 Å². The summed E-state index contributed by atoms with van der Waals surface area (Å²) < 4.78 is 0. The predicted octanol–water partition coefficient (Wildman–Crippen LogP) is 11.2. The zero-order chi connectivity index (χ0) is 26.3. The molecule has 6 rings (SSSR count). The van der Waals surface area contributed by atoms with Crippen LogP contribution >= 0.6 is 0 Å². The van der Waals surface area contributed by atoms with Gasteiger partial charge in [-0.25, -0.2) is 0 Å². The summed E-state index contributed by atoms with van der Waals surface area (Å²) in [6, 6.07) is 38.5. The maximum absolute atomic E-state index is 2.37. The van der Waals surface area contributed by atoms with Crippen molar-refractivity contribution in [3.63, 3.8) is 0 Å². The molecule has 0 heteroatoms. The van der Waals surface area contributed by atoms with Crippen molar-refractivity contribution >= 4 is 21.5 Å². The fourth-order valence-electron chi connectivity index (χ4n) is 7.02. The molecule has 0 bridgehead atoms. The highest BCUT2D eigenvalue weighted by atomic mass is 14.3. The highest BCUT2D eigenvalue weighted by Crippen LogP contribution is 2.39. The summed E-state index contributed by atoms with van der Waals surface area (Å²) >= 11 is 0. The van der Waals surface area contributed by atoms with Crippen LogP contribution in [0.4, 0.5) is 0 Å². The van der Waals surface area contributed by atoms with Crippen molar-refractivity contribution in [1.82, 2.24) is 0 Å². The van der Waals surface area contributed by atoms with Crippen molar-refractivity contribution in [1.29, 1.82) is 0 Å². The normalized spacial score (nSPS) is 13.0. The van der Waals surface area contributed by atoms with Gasteiger partial charge in [0.1, 0.15) is 0 Å². The van der Waals surface area contributed by atoms with Crippen molar-refractivity contribution in [2.75, 3.05) is 0 Å². The van der Waals surface area contributed by atoms with Gasteiger partial charge in [0.2, 0.25) is 0 Å². The molecule has 0 saturated carbocycles. The number of aryl methyl sites for hydroxylation is 1. The molecule has 0 heterocycles. The van der Waals surface area contributed by atoms with Crippen molar-refractivity contribution in [3.05, 3.63) is 131 Å². The molecule has 0 aromatic heterocycles. The summed E-state index contributed by atoms with van der Waals surface area (Å²) in [4.78, 5) is 0. The van der Waals surface area contributed by atoms with Crippen LogP contribution in [0.15, 0.2) is 103 Å². The van der Waals surface area contributed by atoms with Gasteiger partial charge < -0.3 is 0 Å². The first-order valence-electron chi connectivity index (χ1n) is 15.4. The molecule has 5 aromatic rings. The second-order valence-corrected chi connectivity index (χ2v) is 11.6. The third-order valence-corrected chi connectivity index (χ3v) is 9.04. The zero-order valence-corrected chi connectivity index (χ0v) is 23.4. The minimum absolute atomic E-state index is 0.588. The molecule has 0 fully saturated rings. The molecule has 5 aromatic carbocycles. The van der Waals surface area contributed by atoms with Gasteiger partial charge in [0.05, 0.1) is 0 Å². The average Bonchev–Trinajstić information content (AvgIpc) is 2.98. The Morgan fingerprint density at radius 3 is 1.51 bits per heavy atom. The van der Waals surface area contributed by atoms with E-state index in [1.165, 1.54) is 103 Å². The van der Waals surface area contributed by atoms with Crippen LogP contribution in [0.5, 0.6) is 0 Å². The van der Waals surface area contributed by atoms with Crippen molar-refractivity contribution in [3.8, 4) is 0 Å². The standard InChI is InChI=1S/C39H42/c1(2-4-6-8-26-38-34-22-14-10-18-30(34)28-31-19-11-15-23-35(31)38)3-5-7-9-27-39-36-24-16-12-20-32(36)29-33-21-13-17-25-37(33)39/h10-25,28,39H,1-9,26-27,29H2. The first kappa shape index (κ1) is 25.9. The van der Waals surface area contributed by atoms with E-state index in [4.69, 9.17) is 0 Å². The quantitative estimate of drug-likeness (QED) is 0.116. The van der Waals surface area contributed by atoms with Crippen LogP contribution in [0.25, 0.3) is 21.5 Å². The van der Waals surface area contributed by atoms with Gasteiger partial charge in [0.15, 0.2) is 0 Å². The molecule has 0 saturated heterocycles. The Bertz CT molecular complexity index is 1420. The van der Waals surface area contributed by atoms with E-state index in [0.717, 1.165) is 6.42 Å². The summed E-state index contributed by atoms with van der Waals surface area (Å²) in [5, 5.41) is 5.64. The van der Waals surface area contributed by atoms with E-state index >= 15 is 0 Å². The Hall–Kier alpha value is -3.38. The minimum atomic E-state index is 0.588. The Kier molecular flexibility index (Phi) is 8.39. The average molecular weight is 511 g/mol. The Morgan fingerprint density at radius 2 is 0.923 bits per heavy atom. The Labute approximate surface area is 235 Å². The van der Waals surface area contributed by atoms with Gasteiger partial charge in [-0.1, -0.05) is 148 Å². The molecule has 39 heavy (non-hydrogen) atoms. The molecule has 0 nitrogen and oxygen atoms in total. The maximum atomic E-state index is 2.37. The van der Waals surface area contributed by atoms with E-state index in [2.05, 4.69) is 103 Å². The maximum Gasteiger partial charge on any atom is 0.00950 e. The topological polar surface area (TPSA) is 0 Å². The lowest BCUT2D eigenvalue weighted by Gasteiger charge is -2.28. The van der Waals surface area contributed by atoms with E-state index in [1.807, 2.05) is 0 Å². The smallest absolute Gasteiger partial charge is 0.00950 e. The van der Waals surface area contributed by atoms with Gasteiger partial charge in [0.25, 0.3) is 0 Å². The van der Waals surface area contributed by atoms with Gasteiger partial charge in [-0.05, 0) is 81.1 Å². The molecule has 198 valence electrons. The Morgan fingerprint density at radius 1 is 0.462 bits per heavy atom. The Balaban J connectivity index is 0.907. The monoisotopic (exact) mass is 510 g/mol. The molecule has 0 aliphatic heterocycles. The van der Waals surface area contributed by atoms with Crippen molar-refractivity contribution < 1.29 is 0 Å². The van der Waals surface area contributed by atoms with Gasteiger partial charge in [-0.15, -0.1) is 0 Å². The highest BCUT2D eigenvalue weighted by Gasteiger charge is 2.24. The SMILES string of the molecule is c1ccc2c(c1)Cc1ccccc1C2CCCCCCCCCCCc1c2ccccc2cc2ccccc12. The lowest BCUT2D eigenvalue weighted by atomic mass is 9.76. The molecule has 0 N–H and O–H groups in total. The van der Waals surface area contributed by atoms with Gasteiger partial charge in [-0.3, -0.25) is 0 Å². The first-order valence-corrected chi connectivity index (χ1v) is 15.4. The fraction of sp³-hybridized carbons (Fsp3) is 0.333. The predicted molar refractivity (Wildman–Crippen MR) is 169 cm³/mol. The number of unbranched alkanes of at least 4 members (excludes halogenated alkanes) is 8. The van der Waals surface area contributed by atoms with E-state index in [9.17, 15) is 0 Å². The van der Waals surface area contributed by atoms with Gasteiger partial charge >= 0.3 is 0 Å². The molecule has 0 unspecified atom stereocenters. The van der Waals surface area contributed by atoms with Crippen molar-refractivity contribution in [2.45, 2.75) is 83.0 Å². The summed E-state index contributed by atoms with van der Waals surface area (Å²) in [7, 11) is 0. The molecule has 1 aliphatic rings. The summed E-state index contributed by atoms with van der Waals surface area (Å²) in [6.45, 7) is 0. The molecule has 0 atom stereocenters. The lowest BCUT2D eigenvalue weighted by Crippen LogP contribution is -2.13. The molecular weight excluding hydrogens is 468 g/mol. The van der Waals surface area contributed by atoms with Gasteiger partial charge in [-0.2, -0.15) is 0 Å². The second kappa shape index (κ2) is 12.6. The van der Waals surface area contributed by atoms with E-state index < -0.39 is 0 Å². The summed E-state index contributed by atoms with van der Waals surface area (Å²) in [5.41, 5.74) is 7.77. The molecule has 0 radical (unpaired) electrons. The number of rotatable bonds is 12. The van der Waals surface area contributed by atoms with Crippen LogP contribution in [-0.2, 0) is 12.8 Å². The number of hydrogen-bond acceptors (Lipinski definition) is 0. The van der Waals surface area contributed by atoms with Crippen molar-refractivity contribution in [2.24, 2.45) is 0 Å². The minimum Gasteiger partial charge on any atom is -0.0620 e. The molecular formula is C39H42. The zero-order valence-electron chi connectivity index (χ0n) is 23.4. The number of hydrogen-bond donors (Lipinski definition) is 0. The van der Waals surface area contributed by atoms with E-state index in [0.29, 0.717) is 5.92 Å². The van der Waals surface area contributed by atoms with Gasteiger partial charge in [0, 0.05) is 5.92 Å². The third kappa shape index (κ3) is 5.96. The van der Waals surface area contributed by atoms with Crippen LogP contribution in [0.1, 0.15) is 97.9 Å². The van der Waals surface area contributed by atoms with Crippen LogP contribution < -0.4 is 0 Å². The highest BCUT2D eigenvalue weighted by molar-refractivity contribution is 6.02. The second-order valence-electron chi connectivity index (χ2n) is 11.6. The first-order chi connectivity index (χ1) is 19.4. The van der Waals surface area contributed by atoms with Crippen LogP contribution in [0.3, 0.4) is 0 Å². The third-order valence-electron chi connectivity index (χ3n) is 9.04. The van der Waals surface area contributed by atoms with E-state index in [1.54, 1.807) is 16.7 Å². The number of fused-ring (bicyclic) bond motifs is 4. The van der Waals surface area contributed by atoms with Crippen LogP contribution in [-0.4, -0.2) is 0 Å². The fourth-order valence-corrected chi connectivity index (χ4v) is 7.02. The lowest BCUT2D eigenvalue weighted by molar-refractivity contribution is 0.539. The van der Waals surface area contributed by atoms with Crippen LogP contribution in [0.2, 0.25) is 0 Å². The molecule has 0 amide bonds. The molecule has 1 aliphatic carbocycles. The summed E-state index contributed by atoms with van der Waals surface area (Å²) in [6.07, 6.45) is 15.9. The largest absolute Gasteiger partial charge is 0.0620 e. The molecule has 0 spiro atoms.